The quantitative estimate of drug-likeness (QED) is 0.550. The number of carbonyl (C=O) groups is 2. The molecule has 4 rings (SSSR count). The average Bonchev–Trinajstić information content (AvgIpc) is 3.12. The molecular weight excluding hydrogens is 446 g/mol. The molecular formula is C21H16ClNO5S2. The molecule has 0 aliphatic carbocycles. The summed E-state index contributed by atoms with van der Waals surface area (Å²) in [5.74, 6) is -2.26. The number of aromatic nitrogens is 1. The van der Waals surface area contributed by atoms with E-state index in [0.29, 0.717) is 26.2 Å². The fraction of sp³-hybridized carbons (Fsp3) is 0.190. The molecule has 0 saturated heterocycles. The molecule has 2 N–H and O–H groups in total. The zero-order valence-corrected chi connectivity index (χ0v) is 18.0. The molecule has 3 atom stereocenters. The number of aromatic amines is 1. The molecule has 154 valence electrons. The zero-order chi connectivity index (χ0) is 21.4. The van der Waals surface area contributed by atoms with E-state index in [2.05, 4.69) is 4.98 Å². The van der Waals surface area contributed by atoms with Crippen molar-refractivity contribution in [2.45, 2.75) is 16.2 Å². The summed E-state index contributed by atoms with van der Waals surface area (Å²) in [7, 11) is 1.55. The number of aliphatic carboxylic acids is 1. The Labute approximate surface area is 184 Å². The van der Waals surface area contributed by atoms with Crippen LogP contribution >= 0.6 is 34.7 Å². The van der Waals surface area contributed by atoms with Crippen molar-refractivity contribution in [3.8, 4) is 5.75 Å². The molecule has 3 aromatic rings. The Bertz CT molecular complexity index is 1150. The summed E-state index contributed by atoms with van der Waals surface area (Å²) in [4.78, 5) is 40.8. The Hall–Kier alpha value is -2.55. The Morgan fingerprint density at radius 3 is 2.37 bits per heavy atom. The summed E-state index contributed by atoms with van der Waals surface area (Å²) in [5.41, 5.74) is 1.12. The number of nitrogens with one attached hydrogen (secondary N) is 1. The van der Waals surface area contributed by atoms with E-state index in [1.165, 1.54) is 0 Å². The normalized spacial score (nSPS) is 20.4. The molecule has 0 fully saturated rings. The molecule has 0 unspecified atom stereocenters. The number of ether oxygens (including phenoxy) is 1. The van der Waals surface area contributed by atoms with Gasteiger partial charge < -0.3 is 14.8 Å². The highest BCUT2D eigenvalue weighted by Gasteiger charge is 2.47. The number of fused-ring (bicyclic) bond motifs is 1. The van der Waals surface area contributed by atoms with Crippen molar-refractivity contribution >= 4 is 46.5 Å². The highest BCUT2D eigenvalue weighted by molar-refractivity contribution is 8.00. The first-order chi connectivity index (χ1) is 14.4. The average molecular weight is 462 g/mol. The lowest BCUT2D eigenvalue weighted by Gasteiger charge is -2.34. The third-order valence-electron chi connectivity index (χ3n) is 5.00. The summed E-state index contributed by atoms with van der Waals surface area (Å²) < 4.78 is 5.21. The van der Waals surface area contributed by atoms with E-state index in [-0.39, 0.29) is 10.7 Å². The lowest BCUT2D eigenvalue weighted by molar-refractivity contribution is -0.137. The third-order valence-corrected chi connectivity index (χ3v) is 7.66. The number of halogens is 1. The number of carboxylic acids is 1. The van der Waals surface area contributed by atoms with Gasteiger partial charge in [-0.15, -0.1) is 0 Å². The SMILES string of the molecule is COc1ccc([C@H]2c3sc(=O)[nH]c3S[C@H](C(=O)O)[C@@H]2C(=O)c2ccc(Cl)cc2)cc1. The number of ketones is 1. The molecule has 1 aromatic heterocycles. The maximum Gasteiger partial charge on any atom is 0.317 e. The molecule has 0 bridgehead atoms. The summed E-state index contributed by atoms with van der Waals surface area (Å²) in [5, 5.41) is 9.85. The first kappa shape index (κ1) is 20.7. The van der Waals surface area contributed by atoms with Gasteiger partial charge in [-0.3, -0.25) is 14.4 Å². The molecule has 6 nitrogen and oxygen atoms in total. The number of rotatable bonds is 5. The van der Waals surface area contributed by atoms with E-state index in [1.54, 1.807) is 55.6 Å². The smallest absolute Gasteiger partial charge is 0.317 e. The van der Waals surface area contributed by atoms with E-state index in [4.69, 9.17) is 16.3 Å². The van der Waals surface area contributed by atoms with Crippen molar-refractivity contribution in [3.05, 3.63) is 79.2 Å². The highest BCUT2D eigenvalue weighted by Crippen LogP contribution is 2.50. The van der Waals surface area contributed by atoms with Gasteiger partial charge in [-0.1, -0.05) is 46.8 Å². The second kappa shape index (κ2) is 8.29. The van der Waals surface area contributed by atoms with E-state index < -0.39 is 23.1 Å². The maximum absolute atomic E-state index is 13.5. The Morgan fingerprint density at radius 2 is 1.77 bits per heavy atom. The molecule has 30 heavy (non-hydrogen) atoms. The maximum atomic E-state index is 13.5. The first-order valence-corrected chi connectivity index (χ1v) is 11.0. The fourth-order valence-corrected chi connectivity index (χ4v) is 6.17. The second-order valence-electron chi connectivity index (χ2n) is 6.73. The second-order valence-corrected chi connectivity index (χ2v) is 9.34. The molecule has 0 spiro atoms. The van der Waals surface area contributed by atoms with Gasteiger partial charge in [-0.2, -0.15) is 0 Å². The number of Topliss-reactive ketones (excluding diaryl/α,β-unsaturated/α-hetero) is 1. The van der Waals surface area contributed by atoms with E-state index in [0.717, 1.165) is 28.7 Å². The van der Waals surface area contributed by atoms with Gasteiger partial charge in [0, 0.05) is 21.4 Å². The minimum Gasteiger partial charge on any atom is -0.497 e. The Balaban J connectivity index is 1.89. The number of benzene rings is 2. The van der Waals surface area contributed by atoms with Crippen molar-refractivity contribution in [2.24, 2.45) is 5.92 Å². The Kier molecular flexibility index (Phi) is 5.73. The number of thioether (sulfide) groups is 1. The van der Waals surface area contributed by atoms with Crippen LogP contribution in [0.4, 0.5) is 0 Å². The topological polar surface area (TPSA) is 96.5 Å². The number of carboxylic acid groups (broad SMARTS) is 1. The molecule has 1 aliphatic heterocycles. The summed E-state index contributed by atoms with van der Waals surface area (Å²) in [6.07, 6.45) is 0. The van der Waals surface area contributed by atoms with Crippen molar-refractivity contribution in [2.75, 3.05) is 7.11 Å². The number of methoxy groups -OCH3 is 1. The molecule has 2 heterocycles. The summed E-state index contributed by atoms with van der Waals surface area (Å²) >= 11 is 7.96. The summed E-state index contributed by atoms with van der Waals surface area (Å²) in [6, 6.07) is 13.5. The summed E-state index contributed by atoms with van der Waals surface area (Å²) in [6.45, 7) is 0. The van der Waals surface area contributed by atoms with Crippen molar-refractivity contribution < 1.29 is 19.4 Å². The highest BCUT2D eigenvalue weighted by atomic mass is 35.5. The van der Waals surface area contributed by atoms with Crippen LogP contribution in [0.25, 0.3) is 0 Å². The zero-order valence-electron chi connectivity index (χ0n) is 15.6. The minimum atomic E-state index is -1.11. The number of H-pyrrole nitrogens is 1. The van der Waals surface area contributed by atoms with Crippen LogP contribution in [0, 0.1) is 5.92 Å². The number of carbonyl (C=O) groups excluding carboxylic acids is 1. The standard InChI is InChI=1S/C21H16ClNO5S2/c1-28-13-8-4-10(5-9-13)14-15(16(24)11-2-6-12(22)7-3-11)18(20(25)26)29-19-17(14)30-21(27)23-19/h2-9,14-15,18H,1H3,(H,23,27)(H,25,26)/t14-,15+,18+/m1/s1. The van der Waals surface area contributed by atoms with Gasteiger partial charge in [-0.25, -0.2) is 0 Å². The number of hydrogen-bond donors (Lipinski definition) is 2. The van der Waals surface area contributed by atoms with Crippen LogP contribution in [0.5, 0.6) is 5.75 Å². The van der Waals surface area contributed by atoms with Crippen molar-refractivity contribution in [3.63, 3.8) is 0 Å². The van der Waals surface area contributed by atoms with E-state index in [9.17, 15) is 19.5 Å². The van der Waals surface area contributed by atoms with Gasteiger partial charge in [0.15, 0.2) is 5.78 Å². The van der Waals surface area contributed by atoms with Crippen LogP contribution in [-0.4, -0.2) is 34.2 Å². The Morgan fingerprint density at radius 1 is 1.10 bits per heavy atom. The predicted octanol–water partition coefficient (Wildman–Crippen LogP) is 4.29. The van der Waals surface area contributed by atoms with Gasteiger partial charge in [0.1, 0.15) is 11.0 Å². The lowest BCUT2D eigenvalue weighted by atomic mass is 9.78. The van der Waals surface area contributed by atoms with Crippen molar-refractivity contribution in [1.29, 1.82) is 0 Å². The van der Waals surface area contributed by atoms with Gasteiger partial charge in [0.2, 0.25) is 0 Å². The predicted molar refractivity (Wildman–Crippen MR) is 116 cm³/mol. The monoisotopic (exact) mass is 461 g/mol. The van der Waals surface area contributed by atoms with Gasteiger partial charge in [-0.05, 0) is 42.0 Å². The molecule has 0 amide bonds. The van der Waals surface area contributed by atoms with Gasteiger partial charge in [0.05, 0.1) is 18.1 Å². The molecule has 1 aliphatic rings. The van der Waals surface area contributed by atoms with Crippen molar-refractivity contribution in [1.82, 2.24) is 4.98 Å². The van der Waals surface area contributed by atoms with E-state index in [1.807, 2.05) is 0 Å². The van der Waals surface area contributed by atoms with E-state index >= 15 is 0 Å². The third kappa shape index (κ3) is 3.78. The van der Waals surface area contributed by atoms with Crippen LogP contribution in [-0.2, 0) is 4.79 Å². The number of thiazole rings is 1. The molecule has 9 heteroatoms. The van der Waals surface area contributed by atoms with Crippen LogP contribution < -0.4 is 9.61 Å². The first-order valence-electron chi connectivity index (χ1n) is 8.95. The van der Waals surface area contributed by atoms with Crippen LogP contribution in [0.1, 0.15) is 26.7 Å². The minimum absolute atomic E-state index is 0.283. The van der Waals surface area contributed by atoms with Gasteiger partial charge in [0.25, 0.3) is 0 Å². The fourth-order valence-electron chi connectivity index (χ4n) is 3.63. The molecule has 0 radical (unpaired) electrons. The molecule has 0 saturated carbocycles. The van der Waals surface area contributed by atoms with Crippen LogP contribution in [0.15, 0.2) is 58.4 Å². The number of hydrogen-bond acceptors (Lipinski definition) is 6. The van der Waals surface area contributed by atoms with Gasteiger partial charge >= 0.3 is 10.8 Å². The van der Waals surface area contributed by atoms with Crippen LogP contribution in [0.2, 0.25) is 5.02 Å². The largest absolute Gasteiger partial charge is 0.497 e. The lowest BCUT2D eigenvalue weighted by Crippen LogP contribution is -2.39. The van der Waals surface area contributed by atoms with Crippen LogP contribution in [0.3, 0.4) is 0 Å². The molecule has 2 aromatic carbocycles.